The highest BCUT2D eigenvalue weighted by Gasteiger charge is 2.31. The summed E-state index contributed by atoms with van der Waals surface area (Å²) in [4.78, 5) is 25.0. The van der Waals surface area contributed by atoms with Gasteiger partial charge >= 0.3 is 5.97 Å². The van der Waals surface area contributed by atoms with Crippen molar-refractivity contribution in [3.05, 3.63) is 51.0 Å². The molecular weight excluding hydrogens is 531 g/mol. The first-order valence-corrected chi connectivity index (χ1v) is 12.5. The number of amides is 1. The summed E-state index contributed by atoms with van der Waals surface area (Å²) in [6.45, 7) is 2.23. The maximum absolute atomic E-state index is 13.1. The Morgan fingerprint density at radius 2 is 1.71 bits per heavy atom. The lowest BCUT2D eigenvalue weighted by atomic mass is 10.2. The molecule has 2 aromatic rings. The van der Waals surface area contributed by atoms with Gasteiger partial charge in [-0.25, -0.2) is 13.2 Å². The number of hydrogen-bond donors (Lipinski definition) is 1. The Morgan fingerprint density at radius 1 is 1.06 bits per heavy atom. The van der Waals surface area contributed by atoms with Crippen LogP contribution >= 0.6 is 34.8 Å². The Morgan fingerprint density at radius 3 is 2.35 bits per heavy atom. The van der Waals surface area contributed by atoms with Crippen molar-refractivity contribution in [2.75, 3.05) is 38.7 Å². The standard InChI is InChI=1S/C21H21Cl3N2O7S/c1-12(20(27)25-17-11-15(23)14(22)10-16(17)24)33-21(28)13-3-4-18(31-2)19(9-13)34(29,30)26-5-7-32-8-6-26/h3-4,9-12H,5-8H2,1-2H3,(H,25,27)/t12-/m0/s1. The lowest BCUT2D eigenvalue weighted by Crippen LogP contribution is -2.40. The van der Waals surface area contributed by atoms with E-state index in [1.54, 1.807) is 0 Å². The average molecular weight is 552 g/mol. The van der Waals surface area contributed by atoms with Crippen LogP contribution in [0.15, 0.2) is 35.2 Å². The van der Waals surface area contributed by atoms with Crippen LogP contribution in [0.5, 0.6) is 5.75 Å². The van der Waals surface area contributed by atoms with Gasteiger partial charge in [-0.05, 0) is 37.3 Å². The number of methoxy groups -OCH3 is 1. The monoisotopic (exact) mass is 550 g/mol. The molecule has 2 aromatic carbocycles. The van der Waals surface area contributed by atoms with Crippen LogP contribution in [0, 0.1) is 0 Å². The van der Waals surface area contributed by atoms with E-state index in [1.165, 1.54) is 42.6 Å². The molecule has 0 aliphatic carbocycles. The fourth-order valence-electron chi connectivity index (χ4n) is 3.07. The topological polar surface area (TPSA) is 111 Å². The van der Waals surface area contributed by atoms with Crippen molar-refractivity contribution in [2.45, 2.75) is 17.9 Å². The minimum atomic E-state index is -3.96. The van der Waals surface area contributed by atoms with E-state index in [9.17, 15) is 18.0 Å². The third-order valence-corrected chi connectivity index (χ3v) is 7.86. The first-order valence-electron chi connectivity index (χ1n) is 9.97. The quantitative estimate of drug-likeness (QED) is 0.411. The number of sulfonamides is 1. The predicted octanol–water partition coefficient (Wildman–Crippen LogP) is 3.86. The number of morpholine rings is 1. The van der Waals surface area contributed by atoms with Gasteiger partial charge in [-0.2, -0.15) is 4.31 Å². The molecule has 0 bridgehead atoms. The van der Waals surface area contributed by atoms with Crippen LogP contribution in [0.4, 0.5) is 5.69 Å². The summed E-state index contributed by atoms with van der Waals surface area (Å²) in [6, 6.07) is 6.59. The summed E-state index contributed by atoms with van der Waals surface area (Å²) < 4.78 is 43.1. The van der Waals surface area contributed by atoms with Gasteiger partial charge in [0, 0.05) is 13.1 Å². The summed E-state index contributed by atoms with van der Waals surface area (Å²) in [6.07, 6.45) is -1.24. The van der Waals surface area contributed by atoms with E-state index in [2.05, 4.69) is 5.32 Å². The van der Waals surface area contributed by atoms with Crippen LogP contribution in [0.25, 0.3) is 0 Å². The zero-order valence-corrected chi connectivity index (χ0v) is 21.2. The summed E-state index contributed by atoms with van der Waals surface area (Å²) in [5.74, 6) is -1.50. The van der Waals surface area contributed by atoms with Crippen LogP contribution < -0.4 is 10.1 Å². The van der Waals surface area contributed by atoms with Crippen LogP contribution in [0.1, 0.15) is 17.3 Å². The normalized spacial score (nSPS) is 15.4. The van der Waals surface area contributed by atoms with Gasteiger partial charge in [-0.1, -0.05) is 34.8 Å². The first-order chi connectivity index (χ1) is 16.0. The summed E-state index contributed by atoms with van der Waals surface area (Å²) in [5, 5.41) is 3.05. The largest absolute Gasteiger partial charge is 0.495 e. The Balaban J connectivity index is 1.77. The lowest BCUT2D eigenvalue weighted by Gasteiger charge is -2.26. The smallest absolute Gasteiger partial charge is 0.338 e. The first kappa shape index (κ1) is 26.5. The van der Waals surface area contributed by atoms with Crippen LogP contribution in [-0.4, -0.2) is 64.1 Å². The maximum atomic E-state index is 13.1. The van der Waals surface area contributed by atoms with E-state index in [1.807, 2.05) is 0 Å². The average Bonchev–Trinajstić information content (AvgIpc) is 2.82. The number of anilines is 1. The van der Waals surface area contributed by atoms with Gasteiger partial charge in [-0.3, -0.25) is 4.79 Å². The number of esters is 1. The van der Waals surface area contributed by atoms with E-state index in [0.29, 0.717) is 0 Å². The molecule has 0 radical (unpaired) electrons. The van der Waals surface area contributed by atoms with Gasteiger partial charge in [-0.15, -0.1) is 0 Å². The number of nitrogens with zero attached hydrogens (tertiary/aromatic N) is 1. The number of rotatable bonds is 7. The molecule has 1 heterocycles. The number of carbonyl (C=O) groups excluding carboxylic acids is 2. The summed E-state index contributed by atoms with van der Waals surface area (Å²) in [7, 11) is -2.63. The highest BCUT2D eigenvalue weighted by molar-refractivity contribution is 7.89. The molecule has 1 N–H and O–H groups in total. The molecule has 0 spiro atoms. The van der Waals surface area contributed by atoms with Crippen molar-refractivity contribution in [1.82, 2.24) is 4.31 Å². The summed E-state index contributed by atoms with van der Waals surface area (Å²) in [5.41, 5.74) is 0.118. The van der Waals surface area contributed by atoms with Gasteiger partial charge in [0.15, 0.2) is 6.10 Å². The third-order valence-electron chi connectivity index (χ3n) is 4.91. The summed E-state index contributed by atoms with van der Waals surface area (Å²) >= 11 is 17.9. The molecule has 0 saturated carbocycles. The maximum Gasteiger partial charge on any atom is 0.338 e. The zero-order valence-electron chi connectivity index (χ0n) is 18.1. The van der Waals surface area contributed by atoms with E-state index >= 15 is 0 Å². The molecule has 1 saturated heterocycles. The number of halogens is 3. The van der Waals surface area contributed by atoms with Crippen molar-refractivity contribution < 1.29 is 32.2 Å². The van der Waals surface area contributed by atoms with Crippen molar-refractivity contribution in [1.29, 1.82) is 0 Å². The Labute approximate surface area is 211 Å². The fourth-order valence-corrected chi connectivity index (χ4v) is 5.25. The van der Waals surface area contributed by atoms with Crippen molar-refractivity contribution >= 4 is 62.4 Å². The van der Waals surface area contributed by atoms with Gasteiger partial charge < -0.3 is 19.5 Å². The molecule has 0 unspecified atom stereocenters. The molecule has 9 nitrogen and oxygen atoms in total. The highest BCUT2D eigenvalue weighted by Crippen LogP contribution is 2.32. The molecule has 3 rings (SSSR count). The van der Waals surface area contributed by atoms with Gasteiger partial charge in [0.25, 0.3) is 5.91 Å². The van der Waals surface area contributed by atoms with E-state index < -0.39 is 28.0 Å². The molecule has 1 fully saturated rings. The third kappa shape index (κ3) is 5.94. The highest BCUT2D eigenvalue weighted by atomic mass is 35.5. The van der Waals surface area contributed by atoms with Crippen molar-refractivity contribution in [3.63, 3.8) is 0 Å². The van der Waals surface area contributed by atoms with E-state index in [4.69, 9.17) is 49.0 Å². The predicted molar refractivity (Wildman–Crippen MR) is 128 cm³/mol. The molecule has 34 heavy (non-hydrogen) atoms. The van der Waals surface area contributed by atoms with E-state index in [-0.39, 0.29) is 63.3 Å². The van der Waals surface area contributed by atoms with Gasteiger partial charge in [0.2, 0.25) is 10.0 Å². The molecule has 1 amide bonds. The van der Waals surface area contributed by atoms with Crippen molar-refractivity contribution in [3.8, 4) is 5.75 Å². The molecule has 1 aliphatic heterocycles. The minimum Gasteiger partial charge on any atom is -0.495 e. The SMILES string of the molecule is COc1ccc(C(=O)O[C@@H](C)C(=O)Nc2cc(Cl)c(Cl)cc2Cl)cc1S(=O)(=O)N1CCOCC1. The number of carbonyl (C=O) groups is 2. The number of benzene rings is 2. The Bertz CT molecular complexity index is 1200. The number of ether oxygens (including phenoxy) is 3. The second-order valence-electron chi connectivity index (χ2n) is 7.17. The molecule has 1 aliphatic rings. The Hall–Kier alpha value is -2.08. The van der Waals surface area contributed by atoms with E-state index in [0.717, 1.165) is 6.07 Å². The van der Waals surface area contributed by atoms with Crippen molar-refractivity contribution in [2.24, 2.45) is 0 Å². The second-order valence-corrected chi connectivity index (χ2v) is 10.3. The number of hydrogen-bond acceptors (Lipinski definition) is 7. The van der Waals surface area contributed by atoms with Crippen LogP contribution in [-0.2, 0) is 24.3 Å². The fraction of sp³-hybridized carbons (Fsp3) is 0.333. The van der Waals surface area contributed by atoms with Crippen LogP contribution in [0.3, 0.4) is 0 Å². The lowest BCUT2D eigenvalue weighted by molar-refractivity contribution is -0.123. The van der Waals surface area contributed by atoms with Gasteiger partial charge in [0.05, 0.1) is 46.6 Å². The molecule has 13 heteroatoms. The molecular formula is C21H21Cl3N2O7S. The second kappa shape index (κ2) is 11.1. The Kier molecular flexibility index (Phi) is 8.66. The minimum absolute atomic E-state index is 0.0696. The molecule has 0 aromatic heterocycles. The van der Waals surface area contributed by atoms with Crippen LogP contribution in [0.2, 0.25) is 15.1 Å². The molecule has 1 atom stereocenters. The number of nitrogens with one attached hydrogen (secondary N) is 1. The molecule has 184 valence electrons. The van der Waals surface area contributed by atoms with Gasteiger partial charge in [0.1, 0.15) is 10.6 Å². The zero-order chi connectivity index (χ0) is 25.0.